The Kier molecular flexibility index (Phi) is 5.37. The molecule has 27 heavy (non-hydrogen) atoms. The lowest BCUT2D eigenvalue weighted by molar-refractivity contribution is 0.0852. The first-order valence-electron chi connectivity index (χ1n) is 9.20. The molecule has 0 saturated carbocycles. The van der Waals surface area contributed by atoms with Gasteiger partial charge in [0.15, 0.2) is 5.82 Å². The summed E-state index contributed by atoms with van der Waals surface area (Å²) in [6.07, 6.45) is 3.74. The first-order valence-corrected chi connectivity index (χ1v) is 9.98. The quantitative estimate of drug-likeness (QED) is 0.784. The number of ether oxygens (including phenoxy) is 2. The molecule has 2 aromatic rings. The summed E-state index contributed by atoms with van der Waals surface area (Å²) >= 11 is 1.35. The van der Waals surface area contributed by atoms with Gasteiger partial charge in [0, 0.05) is 50.9 Å². The summed E-state index contributed by atoms with van der Waals surface area (Å²) in [5.74, 6) is 1.53. The Labute approximate surface area is 161 Å². The number of imidazole rings is 1. The second-order valence-corrected chi connectivity index (χ2v) is 7.51. The maximum absolute atomic E-state index is 12.5. The molecule has 146 valence electrons. The van der Waals surface area contributed by atoms with Crippen LogP contribution in [-0.2, 0) is 22.4 Å². The van der Waals surface area contributed by atoms with E-state index in [-0.39, 0.29) is 18.1 Å². The average Bonchev–Trinajstić information content (AvgIpc) is 3.41. The van der Waals surface area contributed by atoms with Crippen LogP contribution in [0.3, 0.4) is 0 Å². The van der Waals surface area contributed by atoms with Crippen LogP contribution >= 0.6 is 11.5 Å². The Morgan fingerprint density at radius 3 is 3.19 bits per heavy atom. The van der Waals surface area contributed by atoms with Crippen molar-refractivity contribution in [3.63, 3.8) is 0 Å². The highest BCUT2D eigenvalue weighted by Crippen LogP contribution is 2.25. The van der Waals surface area contributed by atoms with Gasteiger partial charge in [-0.2, -0.15) is 4.37 Å². The van der Waals surface area contributed by atoms with Crippen LogP contribution in [0.2, 0.25) is 0 Å². The van der Waals surface area contributed by atoms with Crippen molar-refractivity contribution in [1.82, 2.24) is 24.2 Å². The number of aromatic nitrogens is 4. The number of nitrogens with one attached hydrogen (secondary N) is 1. The molecular formula is C17H24N6O3S. The fraction of sp³-hybridized carbons (Fsp3) is 0.647. The fourth-order valence-electron chi connectivity index (χ4n) is 3.35. The van der Waals surface area contributed by atoms with Gasteiger partial charge in [0.2, 0.25) is 5.13 Å². The molecular weight excluding hydrogens is 368 g/mol. The van der Waals surface area contributed by atoms with E-state index in [1.54, 1.807) is 7.11 Å². The smallest absolute Gasteiger partial charge is 0.271 e. The lowest BCUT2D eigenvalue weighted by atomic mass is 10.2. The van der Waals surface area contributed by atoms with Gasteiger partial charge < -0.3 is 24.3 Å². The molecule has 1 N–H and O–H groups in total. The van der Waals surface area contributed by atoms with Crippen LogP contribution in [0.4, 0.5) is 5.13 Å². The second kappa shape index (κ2) is 7.91. The van der Waals surface area contributed by atoms with Gasteiger partial charge in [-0.3, -0.25) is 4.79 Å². The highest BCUT2D eigenvalue weighted by molar-refractivity contribution is 7.09. The van der Waals surface area contributed by atoms with Gasteiger partial charge in [-0.1, -0.05) is 0 Å². The summed E-state index contributed by atoms with van der Waals surface area (Å²) in [7, 11) is 1.64. The molecule has 1 saturated heterocycles. The first kappa shape index (κ1) is 18.3. The second-order valence-electron chi connectivity index (χ2n) is 6.78. The standard InChI is InChI=1S/C17H24N6O3S/c1-11(25-2)15-20-17(27-21-15)23-6-7-26-10-12(23)8-18-16(24)13-9-22-5-3-4-14(22)19-13/h9,11-12H,3-8,10H2,1-2H3,(H,18,24). The molecule has 2 atom stereocenters. The van der Waals surface area contributed by atoms with E-state index >= 15 is 0 Å². The Balaban J connectivity index is 1.40. The SMILES string of the molecule is COC(C)c1nsc(N2CCOCC2CNC(=O)c2cn3c(n2)CCC3)n1. The summed E-state index contributed by atoms with van der Waals surface area (Å²) in [4.78, 5) is 23.7. The van der Waals surface area contributed by atoms with E-state index < -0.39 is 0 Å². The average molecular weight is 392 g/mol. The number of aryl methyl sites for hydroxylation is 2. The van der Waals surface area contributed by atoms with Crippen LogP contribution in [0.25, 0.3) is 0 Å². The molecule has 1 amide bonds. The summed E-state index contributed by atoms with van der Waals surface area (Å²) in [6, 6.07) is 0.0100. The van der Waals surface area contributed by atoms with E-state index in [4.69, 9.17) is 9.47 Å². The fourth-order valence-corrected chi connectivity index (χ4v) is 4.20. The lowest BCUT2D eigenvalue weighted by Gasteiger charge is -2.35. The van der Waals surface area contributed by atoms with Crippen molar-refractivity contribution in [3.8, 4) is 0 Å². The van der Waals surface area contributed by atoms with Crippen molar-refractivity contribution in [3.05, 3.63) is 23.5 Å². The maximum Gasteiger partial charge on any atom is 0.271 e. The first-order chi connectivity index (χ1) is 13.2. The van der Waals surface area contributed by atoms with E-state index in [1.165, 1.54) is 11.5 Å². The van der Waals surface area contributed by atoms with Crippen LogP contribution in [0.1, 0.15) is 41.6 Å². The molecule has 0 bridgehead atoms. The minimum absolute atomic E-state index is 0.0100. The normalized spacial score (nSPS) is 20.5. The van der Waals surface area contributed by atoms with Gasteiger partial charge >= 0.3 is 0 Å². The number of methoxy groups -OCH3 is 1. The van der Waals surface area contributed by atoms with Gasteiger partial charge in [0.25, 0.3) is 5.91 Å². The molecule has 1 fully saturated rings. The third-order valence-corrected chi connectivity index (χ3v) is 5.78. The zero-order valence-corrected chi connectivity index (χ0v) is 16.4. The number of hydrogen-bond donors (Lipinski definition) is 1. The highest BCUT2D eigenvalue weighted by atomic mass is 32.1. The van der Waals surface area contributed by atoms with E-state index in [0.717, 1.165) is 36.9 Å². The third kappa shape index (κ3) is 3.83. The molecule has 4 heterocycles. The third-order valence-electron chi connectivity index (χ3n) is 5.01. The number of anilines is 1. The largest absolute Gasteiger partial charge is 0.377 e. The van der Waals surface area contributed by atoms with Crippen LogP contribution in [-0.4, -0.2) is 64.3 Å². The number of morpholine rings is 1. The van der Waals surface area contributed by atoms with Crippen molar-refractivity contribution in [2.24, 2.45) is 0 Å². The van der Waals surface area contributed by atoms with Gasteiger partial charge in [-0.25, -0.2) is 9.97 Å². The molecule has 2 unspecified atom stereocenters. The van der Waals surface area contributed by atoms with Crippen LogP contribution in [0, 0.1) is 0 Å². The van der Waals surface area contributed by atoms with Gasteiger partial charge in [-0.05, 0) is 13.3 Å². The molecule has 0 aliphatic carbocycles. The minimum Gasteiger partial charge on any atom is -0.377 e. The number of carbonyl (C=O) groups excluding carboxylic acids is 1. The van der Waals surface area contributed by atoms with Gasteiger partial charge in [0.1, 0.15) is 17.6 Å². The van der Waals surface area contributed by atoms with E-state index in [0.29, 0.717) is 31.3 Å². The predicted molar refractivity (Wildman–Crippen MR) is 100 cm³/mol. The molecule has 0 radical (unpaired) electrons. The zero-order chi connectivity index (χ0) is 18.8. The van der Waals surface area contributed by atoms with E-state index in [2.05, 4.69) is 29.1 Å². The summed E-state index contributed by atoms with van der Waals surface area (Å²) in [6.45, 7) is 5.22. The molecule has 2 aliphatic heterocycles. The molecule has 2 aliphatic rings. The van der Waals surface area contributed by atoms with E-state index in [1.807, 2.05) is 13.1 Å². The van der Waals surface area contributed by atoms with Crippen molar-refractivity contribution in [2.75, 3.05) is 38.3 Å². The van der Waals surface area contributed by atoms with Crippen molar-refractivity contribution < 1.29 is 14.3 Å². The summed E-state index contributed by atoms with van der Waals surface area (Å²) in [5.41, 5.74) is 0.486. The monoisotopic (exact) mass is 392 g/mol. The minimum atomic E-state index is -0.145. The van der Waals surface area contributed by atoms with Crippen molar-refractivity contribution >= 4 is 22.6 Å². The molecule has 2 aromatic heterocycles. The summed E-state index contributed by atoms with van der Waals surface area (Å²) < 4.78 is 17.4. The predicted octanol–water partition coefficient (Wildman–Crippen LogP) is 1.02. The van der Waals surface area contributed by atoms with Gasteiger partial charge in [-0.15, -0.1) is 0 Å². The number of rotatable bonds is 6. The number of fused-ring (bicyclic) bond motifs is 1. The number of amides is 1. The highest BCUT2D eigenvalue weighted by Gasteiger charge is 2.28. The Hall–Kier alpha value is -2.04. The topological polar surface area (TPSA) is 94.4 Å². The Morgan fingerprint density at radius 2 is 2.37 bits per heavy atom. The molecule has 0 spiro atoms. The van der Waals surface area contributed by atoms with Crippen LogP contribution < -0.4 is 10.2 Å². The number of carbonyl (C=O) groups is 1. The Morgan fingerprint density at radius 1 is 1.48 bits per heavy atom. The molecule has 4 rings (SSSR count). The summed E-state index contributed by atoms with van der Waals surface area (Å²) in [5, 5.41) is 3.82. The molecule has 9 nitrogen and oxygen atoms in total. The number of nitrogens with zero attached hydrogens (tertiary/aromatic N) is 5. The molecule has 10 heteroatoms. The van der Waals surface area contributed by atoms with Crippen molar-refractivity contribution in [1.29, 1.82) is 0 Å². The lowest BCUT2D eigenvalue weighted by Crippen LogP contribution is -2.51. The van der Waals surface area contributed by atoms with Gasteiger partial charge in [0.05, 0.1) is 19.3 Å². The van der Waals surface area contributed by atoms with E-state index in [9.17, 15) is 4.79 Å². The van der Waals surface area contributed by atoms with Crippen LogP contribution in [0.5, 0.6) is 0 Å². The Bertz CT molecular complexity index is 785. The number of hydrogen-bond acceptors (Lipinski definition) is 8. The van der Waals surface area contributed by atoms with Crippen LogP contribution in [0.15, 0.2) is 6.20 Å². The van der Waals surface area contributed by atoms with Crippen molar-refractivity contribution in [2.45, 2.75) is 38.5 Å². The zero-order valence-electron chi connectivity index (χ0n) is 15.6. The molecule has 0 aromatic carbocycles. The maximum atomic E-state index is 12.5.